The zero-order valence-corrected chi connectivity index (χ0v) is 10.5. The number of carbonyl (C=O) groups is 1. The molecule has 1 amide bonds. The van der Waals surface area contributed by atoms with E-state index < -0.39 is 0 Å². The van der Waals surface area contributed by atoms with Crippen molar-refractivity contribution in [2.75, 3.05) is 5.32 Å². The van der Waals surface area contributed by atoms with E-state index in [4.69, 9.17) is 0 Å². The molecule has 0 unspecified atom stereocenters. The van der Waals surface area contributed by atoms with Gasteiger partial charge in [-0.1, -0.05) is 0 Å². The quantitative estimate of drug-likeness (QED) is 0.676. The molecular formula is C13H12N4O2. The Labute approximate surface area is 109 Å². The maximum atomic E-state index is 12.0. The number of amides is 1. The number of aromatic amines is 1. The van der Waals surface area contributed by atoms with E-state index in [1.54, 1.807) is 26.1 Å². The zero-order chi connectivity index (χ0) is 13.6. The van der Waals surface area contributed by atoms with Crippen molar-refractivity contribution in [1.82, 2.24) is 15.0 Å². The Kier molecular flexibility index (Phi) is 2.38. The van der Waals surface area contributed by atoms with Crippen molar-refractivity contribution in [2.24, 2.45) is 0 Å². The molecule has 96 valence electrons. The molecule has 0 saturated heterocycles. The van der Waals surface area contributed by atoms with E-state index in [0.717, 1.165) is 5.69 Å². The summed E-state index contributed by atoms with van der Waals surface area (Å²) in [5.74, 6) is 0.375. The van der Waals surface area contributed by atoms with Gasteiger partial charge in [-0.3, -0.25) is 4.79 Å². The highest BCUT2D eigenvalue weighted by Gasteiger charge is 2.29. The minimum Gasteiger partial charge on any atom is -0.506 e. The van der Waals surface area contributed by atoms with Crippen LogP contribution >= 0.6 is 0 Å². The molecule has 1 aliphatic rings. The summed E-state index contributed by atoms with van der Waals surface area (Å²) in [6.45, 7) is 3.47. The van der Waals surface area contributed by atoms with E-state index in [1.807, 2.05) is 0 Å². The standard InChI is InChI=1S/C13H12N4O2/c1-6-10-9(3-8-4-14-5-15-8)13(19)17-12(10)16-7(2)11(6)18/h3-5,18H,1-2H3,(H,14,15)(H,16,17,19). The molecule has 6 nitrogen and oxygen atoms in total. The number of anilines is 1. The van der Waals surface area contributed by atoms with Gasteiger partial charge in [0.1, 0.15) is 11.6 Å². The number of H-pyrrole nitrogens is 1. The Morgan fingerprint density at radius 3 is 2.84 bits per heavy atom. The third kappa shape index (κ3) is 1.69. The summed E-state index contributed by atoms with van der Waals surface area (Å²) >= 11 is 0. The highest BCUT2D eigenvalue weighted by molar-refractivity contribution is 6.34. The van der Waals surface area contributed by atoms with Crippen LogP contribution in [-0.2, 0) is 4.79 Å². The van der Waals surface area contributed by atoms with Gasteiger partial charge in [0.15, 0.2) is 0 Å². The van der Waals surface area contributed by atoms with Crippen LogP contribution in [0.2, 0.25) is 0 Å². The highest BCUT2D eigenvalue weighted by Crippen LogP contribution is 2.38. The average molecular weight is 256 g/mol. The van der Waals surface area contributed by atoms with E-state index in [1.165, 1.54) is 6.33 Å². The Morgan fingerprint density at radius 2 is 2.16 bits per heavy atom. The van der Waals surface area contributed by atoms with Crippen LogP contribution in [0.25, 0.3) is 11.6 Å². The number of aromatic nitrogens is 3. The number of carbonyl (C=O) groups excluding carboxylic acids is 1. The minimum atomic E-state index is -0.231. The second-order valence-electron chi connectivity index (χ2n) is 4.41. The van der Waals surface area contributed by atoms with Crippen molar-refractivity contribution in [2.45, 2.75) is 13.8 Å². The number of pyridine rings is 1. The summed E-state index contributed by atoms with van der Waals surface area (Å²) in [5.41, 5.74) is 2.98. The van der Waals surface area contributed by atoms with Crippen LogP contribution in [0.15, 0.2) is 12.5 Å². The summed E-state index contributed by atoms with van der Waals surface area (Å²) in [5, 5.41) is 12.7. The maximum Gasteiger partial charge on any atom is 0.257 e. The van der Waals surface area contributed by atoms with Crippen LogP contribution in [-0.4, -0.2) is 26.0 Å². The van der Waals surface area contributed by atoms with Gasteiger partial charge in [-0.05, 0) is 19.9 Å². The Morgan fingerprint density at radius 1 is 1.37 bits per heavy atom. The van der Waals surface area contributed by atoms with Gasteiger partial charge in [-0.25, -0.2) is 9.97 Å². The minimum absolute atomic E-state index is 0.116. The maximum absolute atomic E-state index is 12.0. The van der Waals surface area contributed by atoms with Gasteiger partial charge in [0, 0.05) is 11.1 Å². The number of hydrogen-bond acceptors (Lipinski definition) is 4. The lowest BCUT2D eigenvalue weighted by Gasteiger charge is -2.07. The molecule has 3 N–H and O–H groups in total. The lowest BCUT2D eigenvalue weighted by molar-refractivity contribution is -0.110. The van der Waals surface area contributed by atoms with Crippen molar-refractivity contribution in [1.29, 1.82) is 0 Å². The molecule has 0 saturated carbocycles. The normalized spacial score (nSPS) is 15.7. The first-order chi connectivity index (χ1) is 9.08. The molecule has 0 spiro atoms. The number of imidazole rings is 1. The molecule has 0 aliphatic carbocycles. The molecule has 1 aliphatic heterocycles. The number of nitrogens with zero attached hydrogens (tertiary/aromatic N) is 2. The summed E-state index contributed by atoms with van der Waals surface area (Å²) in [6, 6.07) is 0. The molecule has 0 bridgehead atoms. The summed E-state index contributed by atoms with van der Waals surface area (Å²) < 4.78 is 0. The van der Waals surface area contributed by atoms with Crippen molar-refractivity contribution >= 4 is 23.4 Å². The van der Waals surface area contributed by atoms with Gasteiger partial charge >= 0.3 is 0 Å². The molecule has 0 radical (unpaired) electrons. The molecule has 2 aromatic heterocycles. The lowest BCUT2D eigenvalue weighted by atomic mass is 10.0. The van der Waals surface area contributed by atoms with E-state index in [0.29, 0.717) is 28.2 Å². The predicted molar refractivity (Wildman–Crippen MR) is 70.5 cm³/mol. The number of nitrogens with one attached hydrogen (secondary N) is 2. The molecule has 0 aromatic carbocycles. The summed E-state index contributed by atoms with van der Waals surface area (Å²) in [6.07, 6.45) is 4.85. The summed E-state index contributed by atoms with van der Waals surface area (Å²) in [4.78, 5) is 23.0. The van der Waals surface area contributed by atoms with Gasteiger partial charge in [0.25, 0.3) is 5.91 Å². The SMILES string of the molecule is Cc1nc2c(c(C)c1O)C(=Cc1cnc[nH]1)C(=O)N2. The largest absolute Gasteiger partial charge is 0.506 e. The number of fused-ring (bicyclic) bond motifs is 1. The lowest BCUT2D eigenvalue weighted by Crippen LogP contribution is -2.04. The predicted octanol–water partition coefficient (Wildman–Crippen LogP) is 1.62. The third-order valence-corrected chi connectivity index (χ3v) is 3.15. The highest BCUT2D eigenvalue weighted by atomic mass is 16.3. The van der Waals surface area contributed by atoms with Crippen LogP contribution in [0.3, 0.4) is 0 Å². The molecular weight excluding hydrogens is 244 g/mol. The topological polar surface area (TPSA) is 90.9 Å². The first-order valence-electron chi connectivity index (χ1n) is 5.80. The fourth-order valence-corrected chi connectivity index (χ4v) is 2.19. The average Bonchev–Trinajstić information content (AvgIpc) is 2.97. The van der Waals surface area contributed by atoms with Crippen LogP contribution in [0, 0.1) is 13.8 Å². The molecule has 3 heterocycles. The van der Waals surface area contributed by atoms with E-state index >= 15 is 0 Å². The van der Waals surface area contributed by atoms with Crippen molar-refractivity contribution in [3.05, 3.63) is 35.0 Å². The van der Waals surface area contributed by atoms with Crippen LogP contribution < -0.4 is 5.32 Å². The van der Waals surface area contributed by atoms with Crippen molar-refractivity contribution < 1.29 is 9.90 Å². The van der Waals surface area contributed by atoms with E-state index in [9.17, 15) is 9.90 Å². The fraction of sp³-hybridized carbons (Fsp3) is 0.154. The second kappa shape index (κ2) is 3.94. The van der Waals surface area contributed by atoms with Crippen LogP contribution in [0.1, 0.15) is 22.5 Å². The van der Waals surface area contributed by atoms with Crippen molar-refractivity contribution in [3.63, 3.8) is 0 Å². The number of rotatable bonds is 1. The summed E-state index contributed by atoms with van der Waals surface area (Å²) in [7, 11) is 0. The molecule has 6 heteroatoms. The first kappa shape index (κ1) is 11.5. The molecule has 0 fully saturated rings. The Hall–Kier alpha value is -2.63. The van der Waals surface area contributed by atoms with Gasteiger partial charge < -0.3 is 15.4 Å². The molecule has 0 atom stereocenters. The smallest absolute Gasteiger partial charge is 0.257 e. The Balaban J connectivity index is 2.22. The van der Waals surface area contributed by atoms with E-state index in [-0.39, 0.29) is 11.7 Å². The fourth-order valence-electron chi connectivity index (χ4n) is 2.19. The number of aryl methyl sites for hydroxylation is 1. The van der Waals surface area contributed by atoms with Crippen molar-refractivity contribution in [3.8, 4) is 5.75 Å². The van der Waals surface area contributed by atoms with Gasteiger partial charge in [0.2, 0.25) is 0 Å². The third-order valence-electron chi connectivity index (χ3n) is 3.15. The van der Waals surface area contributed by atoms with Crippen LogP contribution in [0.4, 0.5) is 5.82 Å². The van der Waals surface area contributed by atoms with Gasteiger partial charge in [0.05, 0.1) is 29.5 Å². The number of aromatic hydroxyl groups is 1. The monoisotopic (exact) mass is 256 g/mol. The molecule has 2 aromatic rings. The Bertz CT molecular complexity index is 702. The first-order valence-corrected chi connectivity index (χ1v) is 5.80. The van der Waals surface area contributed by atoms with Gasteiger partial charge in [-0.2, -0.15) is 0 Å². The van der Waals surface area contributed by atoms with Gasteiger partial charge in [-0.15, -0.1) is 0 Å². The number of hydrogen-bond donors (Lipinski definition) is 3. The van der Waals surface area contributed by atoms with Crippen LogP contribution in [0.5, 0.6) is 5.75 Å². The molecule has 3 rings (SSSR count). The van der Waals surface area contributed by atoms with E-state index in [2.05, 4.69) is 20.3 Å². The second-order valence-corrected chi connectivity index (χ2v) is 4.41. The zero-order valence-electron chi connectivity index (χ0n) is 10.5. The molecule has 19 heavy (non-hydrogen) atoms.